The Morgan fingerprint density at radius 2 is 0.785 bits per heavy atom. The summed E-state index contributed by atoms with van der Waals surface area (Å²) in [4.78, 5) is 112. The lowest BCUT2D eigenvalue weighted by Gasteiger charge is -2.24. The van der Waals surface area contributed by atoms with Crippen molar-refractivity contribution in [1.29, 1.82) is 0 Å². The molecule has 0 fully saturated rings. The minimum absolute atomic E-state index is 0.0145. The number of benzene rings is 6. The van der Waals surface area contributed by atoms with Gasteiger partial charge in [-0.25, -0.2) is 44.3 Å². The van der Waals surface area contributed by atoms with Crippen molar-refractivity contribution in [1.82, 2.24) is 53.9 Å². The van der Waals surface area contributed by atoms with E-state index in [0.717, 1.165) is 36.3 Å². The van der Waals surface area contributed by atoms with E-state index in [2.05, 4.69) is 50.7 Å². The summed E-state index contributed by atoms with van der Waals surface area (Å²) in [6.45, 7) is 13.4. The second-order valence-corrected chi connectivity index (χ2v) is 29.5. The summed E-state index contributed by atoms with van der Waals surface area (Å²) < 4.78 is 51.3. The van der Waals surface area contributed by atoms with Gasteiger partial charge in [0, 0.05) is 122 Å². The molecule has 0 amide bonds. The molecule has 0 aliphatic rings. The van der Waals surface area contributed by atoms with Gasteiger partial charge in [-0.15, -0.1) is 0 Å². The van der Waals surface area contributed by atoms with Crippen molar-refractivity contribution in [2.45, 2.75) is 59.9 Å². The quantitative estimate of drug-likeness (QED) is 0.0103. The van der Waals surface area contributed by atoms with E-state index in [1.807, 2.05) is 64.4 Å². The van der Waals surface area contributed by atoms with E-state index in [9.17, 15) is 39.0 Å². The van der Waals surface area contributed by atoms with Crippen molar-refractivity contribution in [3.05, 3.63) is 186 Å². The Morgan fingerprint density at radius 1 is 0.471 bits per heavy atom. The molecule has 638 valence electrons. The number of ether oxygens (including phenoxy) is 6. The van der Waals surface area contributed by atoms with Crippen LogP contribution in [-0.4, -0.2) is 211 Å². The first-order valence-electron chi connectivity index (χ1n) is 37.3. The average molecular weight is 1720 g/mol. The number of nitrogen functional groups attached to an aromatic ring is 1. The number of likely N-dealkylation sites (N-methyl/N-ethyl adjacent to an activating group) is 4. The fourth-order valence-electron chi connectivity index (χ4n) is 12.6. The molecule has 0 aliphatic carbocycles. The lowest BCUT2D eigenvalue weighted by Crippen LogP contribution is -2.29. The number of hydrogen-bond donors (Lipinski definition) is 4. The molecule has 6 aromatic heterocycles. The van der Waals surface area contributed by atoms with Gasteiger partial charge in [0.1, 0.15) is 77.5 Å². The molecule has 0 spiro atoms. The van der Waals surface area contributed by atoms with Crippen LogP contribution in [0.4, 0.5) is 67.7 Å². The molecular formula is C82H91Cl3FN19O16. The second kappa shape index (κ2) is 39.5. The molecule has 0 saturated heterocycles. The van der Waals surface area contributed by atoms with Gasteiger partial charge < -0.3 is 84.2 Å². The van der Waals surface area contributed by atoms with Crippen molar-refractivity contribution >= 4 is 149 Å². The van der Waals surface area contributed by atoms with E-state index in [1.165, 1.54) is 74.4 Å². The zero-order valence-corrected chi connectivity index (χ0v) is 71.8. The van der Waals surface area contributed by atoms with Gasteiger partial charge in [-0.3, -0.25) is 20.2 Å². The number of esters is 3. The van der Waals surface area contributed by atoms with Crippen LogP contribution in [0.15, 0.2) is 128 Å². The lowest BCUT2D eigenvalue weighted by atomic mass is 10.1. The van der Waals surface area contributed by atoms with Crippen molar-refractivity contribution in [3.63, 3.8) is 0 Å². The molecule has 0 bridgehead atoms. The number of carbonyl (C=O) groups is 3. The maximum Gasteiger partial charge on any atom is 0.342 e. The van der Waals surface area contributed by atoms with E-state index in [-0.39, 0.29) is 80.9 Å². The highest BCUT2D eigenvalue weighted by Gasteiger charge is 2.31. The van der Waals surface area contributed by atoms with Crippen LogP contribution in [0.3, 0.4) is 0 Å². The Morgan fingerprint density at radius 3 is 1.10 bits per heavy atom. The smallest absolute Gasteiger partial charge is 0.342 e. The molecule has 0 atom stereocenters. The van der Waals surface area contributed by atoms with Crippen LogP contribution in [0.1, 0.15) is 72.6 Å². The topological polar surface area (TPSA) is 388 Å². The Balaban J connectivity index is 0.000000191. The molecule has 35 nitrogen and oxygen atoms in total. The summed E-state index contributed by atoms with van der Waals surface area (Å²) in [5, 5.41) is 35.8. The zero-order chi connectivity index (χ0) is 88.1. The molecule has 6 heterocycles. The van der Waals surface area contributed by atoms with Gasteiger partial charge >= 0.3 is 23.6 Å². The summed E-state index contributed by atoms with van der Waals surface area (Å²) >= 11 is 19.4. The maximum atomic E-state index is 14.1. The van der Waals surface area contributed by atoms with E-state index in [4.69, 9.17) is 88.5 Å². The fourth-order valence-corrected chi connectivity index (χ4v) is 13.3. The van der Waals surface area contributed by atoms with Crippen LogP contribution < -0.4 is 60.2 Å². The predicted octanol–water partition coefficient (Wildman–Crippen LogP) is 14.9. The number of fused-ring (bicyclic) bond motifs is 3. The van der Waals surface area contributed by atoms with Gasteiger partial charge in [0.15, 0.2) is 0 Å². The van der Waals surface area contributed by atoms with Gasteiger partial charge in [-0.05, 0) is 94.0 Å². The van der Waals surface area contributed by atoms with Crippen LogP contribution in [-0.2, 0) is 14.2 Å². The first-order chi connectivity index (χ1) is 57.6. The summed E-state index contributed by atoms with van der Waals surface area (Å²) in [6.07, 6.45) is 7.94. The van der Waals surface area contributed by atoms with Gasteiger partial charge in [0.2, 0.25) is 23.7 Å². The third-order valence-electron chi connectivity index (χ3n) is 18.3. The lowest BCUT2D eigenvalue weighted by molar-refractivity contribution is -0.387. The van der Waals surface area contributed by atoms with Crippen LogP contribution >= 0.6 is 34.8 Å². The molecular weight excluding hydrogens is 1630 g/mol. The highest BCUT2D eigenvalue weighted by atomic mass is 35.5. The molecule has 0 radical (unpaired) electrons. The number of nitro benzene ring substituents is 2. The first-order valence-corrected chi connectivity index (χ1v) is 38.4. The number of nitrogens with zero attached hydrogens (tertiary/aromatic N) is 15. The number of nitrogens with one attached hydrogen (secondary N) is 3. The standard InChI is InChI=1S/C29H34ClN7O6.C29H36ClN7O4.C24H21ClFN5O6/c1-17(2)43-28(38)19-15-31-29(33-26(19)20-16-36(42-7)27-18(20)9-8-10-21(27)30)32-22-13-24(37(39)40)23(14-25(22)41-6)35(5)12-11-34(3)4;1-17(2)41-28(38)19-15-32-29(34-26(19)20-16-37(40-7)27-18(20)9-8-10-21(27)30)33-23-13-22(31)24(14-25(23)39-6)36(5)12-11-35(3)4;1-12(2)37-23(32)14-10-27-24(28-18-9-19(31(33)34)17(26)8-20(18)35-3)29-21(14)15-11-30(36-4)22-13(15)6-5-7-16(22)25/h8-10,13-17H,11-12H2,1-7H3,(H,31,32,33);8-10,13-17H,11-12,31H2,1-7H3,(H,32,33,34);5-12H,1-4H3,(H,27,28,29). The number of nitrogens with two attached hydrogens (primary N) is 1. The molecule has 6 aromatic carbocycles. The van der Waals surface area contributed by atoms with Gasteiger partial charge in [-0.2, -0.15) is 18.6 Å². The van der Waals surface area contributed by atoms with Crippen molar-refractivity contribution in [3.8, 4) is 51.0 Å². The van der Waals surface area contributed by atoms with Crippen LogP contribution in [0.25, 0.3) is 66.5 Å². The number of halogens is 4. The minimum Gasteiger partial charge on any atom is -0.494 e. The number of aromatic nitrogens is 9. The van der Waals surface area contributed by atoms with E-state index in [1.54, 1.807) is 128 Å². The molecule has 5 N–H and O–H groups in total. The van der Waals surface area contributed by atoms with E-state index >= 15 is 0 Å². The highest BCUT2D eigenvalue weighted by Crippen LogP contribution is 2.44. The van der Waals surface area contributed by atoms with Crippen LogP contribution in [0.2, 0.25) is 15.1 Å². The monoisotopic (exact) mass is 1720 g/mol. The number of anilines is 9. The van der Waals surface area contributed by atoms with E-state index < -0.39 is 45.4 Å². The van der Waals surface area contributed by atoms with Crippen molar-refractivity contribution in [2.75, 3.05) is 143 Å². The Kier molecular flexibility index (Phi) is 29.4. The normalized spacial score (nSPS) is 11.2. The Hall–Kier alpha value is -13.3. The predicted molar refractivity (Wildman–Crippen MR) is 463 cm³/mol. The SMILES string of the molecule is COc1cc(F)c([N+](=O)[O-])cc1Nc1ncc(C(=O)OC(C)C)c(-c2cn(OC)c3c(Cl)cccc23)n1.COc1cc(N(C)CCN(C)C)c(N)cc1Nc1ncc(C(=O)OC(C)C)c(-c2cn(OC)c3c(Cl)cccc23)n1.COc1cc(N(C)CCN(C)C)c([N+](=O)[O-])cc1Nc1ncc(C(=O)OC(C)C)c(-c2cn(OC)c3c(Cl)cccc23)n1. The van der Waals surface area contributed by atoms with Gasteiger partial charge in [0.25, 0.3) is 5.69 Å². The molecule has 0 saturated carbocycles. The number of carbonyl (C=O) groups excluding carboxylic acids is 3. The number of rotatable bonds is 31. The first kappa shape index (κ1) is 90.0. The molecule has 0 aliphatic heterocycles. The van der Waals surface area contributed by atoms with Crippen LogP contribution in [0, 0.1) is 26.0 Å². The summed E-state index contributed by atoms with van der Waals surface area (Å²) in [7, 11) is 20.5. The maximum absolute atomic E-state index is 14.1. The Bertz CT molecular complexity index is 5850. The number of methoxy groups -OCH3 is 3. The van der Waals surface area contributed by atoms with Crippen molar-refractivity contribution < 1.29 is 71.6 Å². The molecule has 12 rings (SSSR count). The third kappa shape index (κ3) is 20.7. The zero-order valence-electron chi connectivity index (χ0n) is 69.5. The van der Waals surface area contributed by atoms with E-state index in [0.29, 0.717) is 106 Å². The second-order valence-electron chi connectivity index (χ2n) is 28.3. The van der Waals surface area contributed by atoms with Gasteiger partial charge in [0.05, 0.1) is 129 Å². The average Bonchev–Trinajstić information content (AvgIpc) is 1.63. The number of nitro groups is 2. The molecule has 0 unspecified atom stereocenters. The summed E-state index contributed by atoms with van der Waals surface area (Å²) in [5.74, 6) is -1.75. The molecule has 12 aromatic rings. The largest absolute Gasteiger partial charge is 0.494 e. The third-order valence-corrected chi connectivity index (χ3v) is 19.2. The summed E-state index contributed by atoms with van der Waals surface area (Å²) in [5.41, 5.74) is 12.8. The minimum atomic E-state index is -1.06. The van der Waals surface area contributed by atoms with Crippen molar-refractivity contribution in [2.24, 2.45) is 0 Å². The number of para-hydroxylation sites is 3. The fraction of sp³-hybridized carbons (Fsp3) is 0.305. The number of hydrogen-bond acceptors (Lipinski definition) is 30. The molecule has 121 heavy (non-hydrogen) atoms. The summed E-state index contributed by atoms with van der Waals surface area (Å²) in [6, 6.07) is 24.5. The Labute approximate surface area is 710 Å². The van der Waals surface area contributed by atoms with Crippen LogP contribution in [0.5, 0.6) is 17.2 Å². The molecule has 39 heteroatoms. The van der Waals surface area contributed by atoms with Gasteiger partial charge in [-0.1, -0.05) is 71.2 Å². The highest BCUT2D eigenvalue weighted by molar-refractivity contribution is 6.36.